The number of rotatable bonds is 5. The second-order valence-corrected chi connectivity index (χ2v) is 5.23. The van der Waals surface area contributed by atoms with Crippen LogP contribution in [0.5, 0.6) is 11.5 Å². The number of nitrogens with one attached hydrogen (secondary N) is 1. The summed E-state index contributed by atoms with van der Waals surface area (Å²) in [6.45, 7) is 2.91. The molecule has 116 valence electrons. The maximum absolute atomic E-state index is 11.9. The third kappa shape index (κ3) is 3.37. The van der Waals surface area contributed by atoms with Gasteiger partial charge >= 0.3 is 0 Å². The summed E-state index contributed by atoms with van der Waals surface area (Å²) < 4.78 is 15.5. The van der Waals surface area contributed by atoms with Crippen LogP contribution in [0.1, 0.15) is 11.3 Å². The Balaban J connectivity index is 1.53. The standard InChI is InChI=1S/C15H17N3O4/c1-10-5-14(17-22-10)16-15(19)8-18(2)7-11-3-4-12-13(6-11)21-9-20-12/h3-6H,7-9H2,1-2H3,(H,16,17,19). The van der Waals surface area contributed by atoms with Crippen molar-refractivity contribution in [3.05, 3.63) is 35.6 Å². The third-order valence-electron chi connectivity index (χ3n) is 3.20. The van der Waals surface area contributed by atoms with Crippen molar-refractivity contribution in [3.63, 3.8) is 0 Å². The number of anilines is 1. The Morgan fingerprint density at radius 2 is 2.14 bits per heavy atom. The summed E-state index contributed by atoms with van der Waals surface area (Å²) in [5.74, 6) is 2.44. The first-order chi connectivity index (χ1) is 10.6. The molecule has 0 saturated heterocycles. The molecule has 1 aromatic carbocycles. The summed E-state index contributed by atoms with van der Waals surface area (Å²) in [5, 5.41) is 6.42. The normalized spacial score (nSPS) is 12.7. The third-order valence-corrected chi connectivity index (χ3v) is 3.20. The zero-order valence-corrected chi connectivity index (χ0v) is 12.5. The van der Waals surface area contributed by atoms with Crippen LogP contribution in [0.4, 0.5) is 5.82 Å². The molecule has 0 spiro atoms. The van der Waals surface area contributed by atoms with Crippen LogP contribution in [0.2, 0.25) is 0 Å². The average Bonchev–Trinajstić information content (AvgIpc) is 3.06. The van der Waals surface area contributed by atoms with Gasteiger partial charge in [-0.25, -0.2) is 0 Å². The first kappa shape index (κ1) is 14.4. The topological polar surface area (TPSA) is 76.8 Å². The molecule has 2 aromatic rings. The fourth-order valence-electron chi connectivity index (χ4n) is 2.26. The van der Waals surface area contributed by atoms with Crippen LogP contribution in [0.15, 0.2) is 28.8 Å². The van der Waals surface area contributed by atoms with Crippen molar-refractivity contribution in [3.8, 4) is 11.5 Å². The maximum atomic E-state index is 11.9. The zero-order valence-electron chi connectivity index (χ0n) is 12.5. The number of hydrogen-bond donors (Lipinski definition) is 1. The van der Waals surface area contributed by atoms with Crippen molar-refractivity contribution in [2.75, 3.05) is 25.7 Å². The van der Waals surface area contributed by atoms with Crippen LogP contribution in [0, 0.1) is 6.92 Å². The maximum Gasteiger partial charge on any atom is 0.239 e. The number of hydrogen-bond acceptors (Lipinski definition) is 6. The largest absolute Gasteiger partial charge is 0.454 e. The van der Waals surface area contributed by atoms with Gasteiger partial charge in [-0.3, -0.25) is 9.69 Å². The van der Waals surface area contributed by atoms with Crippen molar-refractivity contribution in [1.82, 2.24) is 10.1 Å². The molecule has 1 aromatic heterocycles. The molecule has 0 fully saturated rings. The molecule has 1 aliphatic heterocycles. The number of aromatic nitrogens is 1. The first-order valence-corrected chi connectivity index (χ1v) is 6.90. The minimum absolute atomic E-state index is 0.142. The smallest absolute Gasteiger partial charge is 0.239 e. The number of carbonyl (C=O) groups excluding carboxylic acids is 1. The fourth-order valence-corrected chi connectivity index (χ4v) is 2.26. The van der Waals surface area contributed by atoms with Gasteiger partial charge in [0.25, 0.3) is 0 Å². The van der Waals surface area contributed by atoms with Crippen LogP contribution >= 0.6 is 0 Å². The summed E-state index contributed by atoms with van der Waals surface area (Å²) in [5.41, 5.74) is 1.05. The molecule has 22 heavy (non-hydrogen) atoms. The number of aryl methyl sites for hydroxylation is 1. The summed E-state index contributed by atoms with van der Waals surface area (Å²) in [4.78, 5) is 13.8. The van der Waals surface area contributed by atoms with Gasteiger partial charge in [0.05, 0.1) is 6.54 Å². The van der Waals surface area contributed by atoms with Crippen LogP contribution in [0.25, 0.3) is 0 Å². The number of nitrogens with zero attached hydrogens (tertiary/aromatic N) is 2. The summed E-state index contributed by atoms with van der Waals surface area (Å²) >= 11 is 0. The Morgan fingerprint density at radius 3 is 2.91 bits per heavy atom. The van der Waals surface area contributed by atoms with E-state index in [4.69, 9.17) is 14.0 Å². The first-order valence-electron chi connectivity index (χ1n) is 6.90. The number of fused-ring (bicyclic) bond motifs is 1. The minimum Gasteiger partial charge on any atom is -0.454 e. The van der Waals surface area contributed by atoms with Gasteiger partial charge in [-0.05, 0) is 31.7 Å². The van der Waals surface area contributed by atoms with E-state index in [0.717, 1.165) is 17.1 Å². The van der Waals surface area contributed by atoms with E-state index in [0.29, 0.717) is 18.1 Å². The summed E-state index contributed by atoms with van der Waals surface area (Å²) in [6.07, 6.45) is 0. The van der Waals surface area contributed by atoms with Gasteiger partial charge in [0.15, 0.2) is 17.3 Å². The van der Waals surface area contributed by atoms with E-state index < -0.39 is 0 Å². The van der Waals surface area contributed by atoms with E-state index in [2.05, 4.69) is 10.5 Å². The molecule has 0 aliphatic carbocycles. The molecule has 1 N–H and O–H groups in total. The van der Waals surface area contributed by atoms with Crippen LogP contribution in [-0.2, 0) is 11.3 Å². The average molecular weight is 303 g/mol. The van der Waals surface area contributed by atoms with Gasteiger partial charge in [0, 0.05) is 12.6 Å². The number of amides is 1. The molecule has 0 unspecified atom stereocenters. The van der Waals surface area contributed by atoms with Gasteiger partial charge in [0.2, 0.25) is 12.7 Å². The molecule has 1 amide bonds. The number of ether oxygens (including phenoxy) is 2. The Bertz CT molecular complexity index is 683. The predicted octanol–water partition coefficient (Wildman–Crippen LogP) is 1.78. The van der Waals surface area contributed by atoms with Gasteiger partial charge in [-0.2, -0.15) is 0 Å². The highest BCUT2D eigenvalue weighted by atomic mass is 16.7. The number of carbonyl (C=O) groups is 1. The minimum atomic E-state index is -0.142. The van der Waals surface area contributed by atoms with E-state index >= 15 is 0 Å². The van der Waals surface area contributed by atoms with Crippen molar-refractivity contribution in [1.29, 1.82) is 0 Å². The molecule has 0 saturated carbocycles. The van der Waals surface area contributed by atoms with Crippen molar-refractivity contribution in [2.24, 2.45) is 0 Å². The van der Waals surface area contributed by atoms with Crippen LogP contribution in [0.3, 0.4) is 0 Å². The van der Waals surface area contributed by atoms with E-state index in [1.54, 1.807) is 13.0 Å². The van der Waals surface area contributed by atoms with Crippen molar-refractivity contribution < 1.29 is 18.8 Å². The molecule has 3 rings (SSSR count). The highest BCUT2D eigenvalue weighted by Gasteiger charge is 2.15. The lowest BCUT2D eigenvalue weighted by molar-refractivity contribution is -0.117. The van der Waals surface area contributed by atoms with Crippen molar-refractivity contribution >= 4 is 11.7 Å². The predicted molar refractivity (Wildman–Crippen MR) is 78.8 cm³/mol. The van der Waals surface area contributed by atoms with Gasteiger partial charge < -0.3 is 19.3 Å². The Labute approximate surface area is 127 Å². The molecule has 1 aliphatic rings. The Kier molecular flexibility index (Phi) is 3.97. The highest BCUT2D eigenvalue weighted by molar-refractivity contribution is 5.91. The van der Waals surface area contributed by atoms with Gasteiger partial charge in [-0.1, -0.05) is 11.2 Å². The number of benzene rings is 1. The monoisotopic (exact) mass is 303 g/mol. The fraction of sp³-hybridized carbons (Fsp3) is 0.333. The van der Waals surface area contributed by atoms with E-state index in [1.807, 2.05) is 30.1 Å². The van der Waals surface area contributed by atoms with E-state index in [9.17, 15) is 4.79 Å². The molecule has 0 radical (unpaired) electrons. The van der Waals surface area contributed by atoms with Gasteiger partial charge in [-0.15, -0.1) is 0 Å². The summed E-state index contributed by atoms with van der Waals surface area (Å²) in [6, 6.07) is 7.44. The molecule has 7 nitrogen and oxygen atoms in total. The Morgan fingerprint density at radius 1 is 1.32 bits per heavy atom. The lowest BCUT2D eigenvalue weighted by atomic mass is 10.2. The molecular formula is C15H17N3O4. The second kappa shape index (κ2) is 6.07. The molecule has 7 heteroatoms. The highest BCUT2D eigenvalue weighted by Crippen LogP contribution is 2.32. The quantitative estimate of drug-likeness (QED) is 0.907. The van der Waals surface area contributed by atoms with Crippen molar-refractivity contribution in [2.45, 2.75) is 13.5 Å². The molecule has 2 heterocycles. The van der Waals surface area contributed by atoms with Crippen LogP contribution in [-0.4, -0.2) is 36.3 Å². The van der Waals surface area contributed by atoms with E-state index in [-0.39, 0.29) is 19.2 Å². The lowest BCUT2D eigenvalue weighted by Gasteiger charge is -2.16. The summed E-state index contributed by atoms with van der Waals surface area (Å²) in [7, 11) is 1.87. The lowest BCUT2D eigenvalue weighted by Crippen LogP contribution is -2.29. The van der Waals surface area contributed by atoms with E-state index in [1.165, 1.54) is 0 Å². The molecule has 0 atom stereocenters. The zero-order chi connectivity index (χ0) is 15.5. The number of likely N-dealkylation sites (N-methyl/N-ethyl adjacent to an activating group) is 1. The SMILES string of the molecule is Cc1cc(NC(=O)CN(C)Cc2ccc3c(c2)OCO3)no1. The van der Waals surface area contributed by atoms with Gasteiger partial charge in [0.1, 0.15) is 5.76 Å². The second-order valence-electron chi connectivity index (χ2n) is 5.23. The molecule has 0 bridgehead atoms. The Hall–Kier alpha value is -2.54. The molecular weight excluding hydrogens is 286 g/mol. The van der Waals surface area contributed by atoms with Crippen LogP contribution < -0.4 is 14.8 Å².